The Morgan fingerprint density at radius 1 is 0.589 bits per heavy atom. The van der Waals surface area contributed by atoms with Crippen molar-refractivity contribution in [2.75, 3.05) is 4.81 Å². The van der Waals surface area contributed by atoms with E-state index in [1.165, 1.54) is 0 Å². The van der Waals surface area contributed by atoms with Gasteiger partial charge in [-0.25, -0.2) is 0 Å². The van der Waals surface area contributed by atoms with E-state index in [0.717, 1.165) is 76.4 Å². The van der Waals surface area contributed by atoms with Gasteiger partial charge in [0.1, 0.15) is 0 Å². The van der Waals surface area contributed by atoms with Crippen LogP contribution >= 0.6 is 0 Å². The van der Waals surface area contributed by atoms with Gasteiger partial charge in [0.25, 0.3) is 0 Å². The van der Waals surface area contributed by atoms with Gasteiger partial charge in [-0.1, -0.05) is 20.8 Å². The first-order valence-electron chi connectivity index (χ1n) is 29.0. The Labute approximate surface area is 455 Å². The summed E-state index contributed by atoms with van der Waals surface area (Å²) >= 11 is 2.36. The molecule has 0 unspecified atom stereocenters. The molecule has 0 spiro atoms. The molecule has 1 aliphatic heterocycles. The van der Waals surface area contributed by atoms with E-state index >= 15 is 0 Å². The third kappa shape index (κ3) is 9.19. The number of aryl methyl sites for hydroxylation is 1. The third-order valence-corrected chi connectivity index (χ3v) is 15.2. The summed E-state index contributed by atoms with van der Waals surface area (Å²) < 4.78 is 86.1. The molecular formula is C64H69BN6OPt. The van der Waals surface area contributed by atoms with Crippen LogP contribution in [0, 0.1) is 17.7 Å². The molecule has 0 fully saturated rings. The summed E-state index contributed by atoms with van der Waals surface area (Å²) in [7, 11) is 0. The molecule has 4 heterocycles. The monoisotopic (exact) mass is 1150 g/mol. The second-order valence-corrected chi connectivity index (χ2v) is 24.6. The molecule has 0 bridgehead atoms. The van der Waals surface area contributed by atoms with E-state index in [9.17, 15) is 2.74 Å². The van der Waals surface area contributed by atoms with Crippen molar-refractivity contribution < 1.29 is 35.1 Å². The Bertz CT molecular complexity index is 4030. The molecule has 0 saturated heterocycles. The number of aromatic nitrogens is 5. The van der Waals surface area contributed by atoms with Gasteiger partial charge >= 0.3 is 385 Å². The number of hydrogen-bond acceptors (Lipinski definition) is 4. The van der Waals surface area contributed by atoms with E-state index in [1.807, 2.05) is 86.6 Å². The molecule has 374 valence electrons. The van der Waals surface area contributed by atoms with Crippen molar-refractivity contribution >= 4 is 29.5 Å². The zero-order valence-corrected chi connectivity index (χ0v) is 46.7. The SMILES string of the molecule is [2H]c1c([2H])c([2H])c(-c2cc(C(C)(C)C)cc(-c3cc(C(C)(C)C)cc(C(C)(C)C)c3)c2-n2[c](=[Pt])n(-c3cccc(Oc4ccc5c(c4)N(c4cc(C(C)(C)C)ccn4)B(C([2H])([2H])[2H])n4nc(C)c(C)c4-5)c3)c3ccccc32)c([2H])c1[2H]. The van der Waals surface area contributed by atoms with Gasteiger partial charge in [0.05, 0.1) is 5.69 Å². The van der Waals surface area contributed by atoms with Gasteiger partial charge in [0.2, 0.25) is 0 Å². The van der Waals surface area contributed by atoms with Crippen molar-refractivity contribution in [1.82, 2.24) is 23.8 Å². The average Bonchev–Trinajstić information content (AvgIpc) is 4.05. The van der Waals surface area contributed by atoms with Crippen LogP contribution in [0.3, 0.4) is 0 Å². The summed E-state index contributed by atoms with van der Waals surface area (Å²) in [6.45, 7) is 26.2. The summed E-state index contributed by atoms with van der Waals surface area (Å²) in [5.41, 5.74) is 12.4. The Morgan fingerprint density at radius 2 is 1.19 bits per heavy atom. The Morgan fingerprint density at radius 3 is 1.82 bits per heavy atom. The normalized spacial score (nSPS) is 14.9. The van der Waals surface area contributed by atoms with E-state index in [1.54, 1.807) is 15.6 Å². The van der Waals surface area contributed by atoms with E-state index in [4.69, 9.17) is 23.0 Å². The van der Waals surface area contributed by atoms with Crippen molar-refractivity contribution in [3.63, 3.8) is 0 Å². The van der Waals surface area contributed by atoms with Crippen LogP contribution in [0.5, 0.6) is 11.5 Å². The van der Waals surface area contributed by atoms with Gasteiger partial charge in [-0.15, -0.1) is 0 Å². The summed E-state index contributed by atoms with van der Waals surface area (Å²) in [6.07, 6.45) is 1.73. The van der Waals surface area contributed by atoms with Gasteiger partial charge in [-0.3, -0.25) is 0 Å². The number of fused-ring (bicyclic) bond motifs is 4. The Kier molecular flexibility index (Phi) is 10.2. The van der Waals surface area contributed by atoms with Crippen molar-refractivity contribution in [1.29, 1.82) is 0 Å². The van der Waals surface area contributed by atoms with E-state index in [2.05, 4.69) is 148 Å². The molecule has 7 nitrogen and oxygen atoms in total. The second kappa shape index (κ2) is 18.2. The third-order valence-electron chi connectivity index (χ3n) is 14.2. The van der Waals surface area contributed by atoms with Crippen molar-refractivity contribution in [3.8, 4) is 56.4 Å². The van der Waals surface area contributed by atoms with Crippen LogP contribution in [0.25, 0.3) is 55.9 Å². The molecule has 0 N–H and O–H groups in total. The van der Waals surface area contributed by atoms with Crippen molar-refractivity contribution in [2.45, 2.75) is 125 Å². The molecule has 0 atom stereocenters. The molecule has 6 aromatic carbocycles. The van der Waals surface area contributed by atoms with E-state index in [0.29, 0.717) is 34.3 Å². The summed E-state index contributed by atoms with van der Waals surface area (Å²) in [6, 6.07) is 34.8. The summed E-state index contributed by atoms with van der Waals surface area (Å²) in [5, 5.41) is 4.83. The maximum atomic E-state index is 9.52. The first kappa shape index (κ1) is 40.9. The maximum absolute atomic E-state index is 9.52. The topological polar surface area (TPSA) is 53.0 Å². The van der Waals surface area contributed by atoms with Crippen molar-refractivity contribution in [3.05, 3.63) is 183 Å². The molecule has 73 heavy (non-hydrogen) atoms. The molecule has 9 heteroatoms. The number of pyridine rings is 1. The van der Waals surface area contributed by atoms with Crippen LogP contribution in [0.1, 0.15) is 128 Å². The van der Waals surface area contributed by atoms with Gasteiger partial charge in [0, 0.05) is 10.3 Å². The second-order valence-electron chi connectivity index (χ2n) is 23.5. The average molecular weight is 1150 g/mol. The molecule has 10 rings (SSSR count). The first-order chi connectivity index (χ1) is 37.7. The number of para-hydroxylation sites is 2. The number of rotatable bonds is 7. The Hall–Kier alpha value is -6.50. The van der Waals surface area contributed by atoms with Crippen LogP contribution in [0.2, 0.25) is 6.75 Å². The van der Waals surface area contributed by atoms with Gasteiger partial charge in [-0.05, 0) is 30.9 Å². The number of anilines is 2. The first-order valence-corrected chi connectivity index (χ1v) is 26.1. The minimum atomic E-state index is -2.52. The molecular weight excluding hydrogens is 1070 g/mol. The fourth-order valence-corrected chi connectivity index (χ4v) is 10.9. The molecule has 0 amide bonds. The molecule has 3 aromatic heterocycles. The number of nitrogens with zero attached hydrogens (tertiary/aromatic N) is 6. The standard InChI is InChI=1S/C64H69BN6O.Pt/c1-41-42(2)67-71-59(41)52-29-28-51(39-57(52)70(65(71)15)58-37-45(30-31-66-58)61(3,4)5)72-50-25-21-24-49(38-50)68-40-69(56-27-20-19-26-55(56)68)60-53(43-22-17-16-18-23-43)35-48(64(12,13)14)36-54(60)44-32-46(62(6,7)8)34-47(33-44)63(9,10)11;/h16-39H,1-15H3;/i15D3,16D,17D,18D,22D,23D;. The van der Waals surface area contributed by atoms with Crippen LogP contribution in [0.15, 0.2) is 146 Å². The van der Waals surface area contributed by atoms with E-state index in [-0.39, 0.29) is 33.9 Å². The van der Waals surface area contributed by atoms with Gasteiger partial charge in [0.15, 0.2) is 0 Å². The molecule has 0 radical (unpaired) electrons. The molecule has 0 aliphatic carbocycles. The predicted octanol–water partition coefficient (Wildman–Crippen LogP) is 16.8. The zero-order valence-electron chi connectivity index (χ0n) is 52.5. The quantitative estimate of drug-likeness (QED) is 0.149. The fraction of sp³-hybridized carbons (Fsp3) is 0.297. The molecule has 1 aliphatic rings. The molecule has 0 saturated carbocycles. The van der Waals surface area contributed by atoms with Crippen LogP contribution in [-0.4, -0.2) is 30.8 Å². The number of imidazole rings is 1. The Balaban J connectivity index is 1.20. The van der Waals surface area contributed by atoms with Gasteiger partial charge < -0.3 is 0 Å². The minimum absolute atomic E-state index is 0.114. The van der Waals surface area contributed by atoms with Gasteiger partial charge in [-0.2, -0.15) is 5.10 Å². The van der Waals surface area contributed by atoms with Crippen molar-refractivity contribution in [2.24, 2.45) is 0 Å². The predicted molar refractivity (Wildman–Crippen MR) is 302 cm³/mol. The zero-order chi connectivity index (χ0) is 59.0. The number of ether oxygens (including phenoxy) is 1. The number of hydrogen-bond donors (Lipinski definition) is 0. The number of benzene rings is 6. The van der Waals surface area contributed by atoms with Crippen LogP contribution in [0.4, 0.5) is 11.5 Å². The summed E-state index contributed by atoms with van der Waals surface area (Å²) in [5.74, 6) is 1.48. The van der Waals surface area contributed by atoms with Crippen LogP contribution in [-0.2, 0) is 41.0 Å². The van der Waals surface area contributed by atoms with E-state index < -0.39 is 37.3 Å². The summed E-state index contributed by atoms with van der Waals surface area (Å²) in [4.78, 5) is 6.58. The molecule has 9 aromatic rings. The van der Waals surface area contributed by atoms with Crippen LogP contribution < -0.4 is 9.55 Å². The fourth-order valence-electron chi connectivity index (χ4n) is 9.76.